The first-order valence-electron chi connectivity index (χ1n) is 36.6. The number of aliphatic hydroxyl groups is 2. The molecule has 0 aromatic carbocycles. The van der Waals surface area contributed by atoms with E-state index in [1.165, 1.54) is 347 Å². The highest BCUT2D eigenvalue weighted by molar-refractivity contribution is 5.76. The summed E-state index contributed by atoms with van der Waals surface area (Å²) in [6.07, 6.45) is 88.5. The molecule has 0 spiro atoms. The summed E-state index contributed by atoms with van der Waals surface area (Å²) in [7, 11) is 0. The third kappa shape index (κ3) is 65.5. The van der Waals surface area contributed by atoms with Gasteiger partial charge in [-0.1, -0.05) is 366 Å². The van der Waals surface area contributed by atoms with Crippen molar-refractivity contribution in [3.05, 3.63) is 24.3 Å². The van der Waals surface area contributed by atoms with Crippen molar-refractivity contribution in [3.8, 4) is 0 Å². The highest BCUT2D eigenvalue weighted by Gasteiger charge is 2.18. The van der Waals surface area contributed by atoms with Crippen molar-refractivity contribution in [2.24, 2.45) is 0 Å². The molecule has 0 saturated heterocycles. The second kappa shape index (κ2) is 69.8. The molecule has 0 saturated carbocycles. The summed E-state index contributed by atoms with van der Waals surface area (Å²) in [5, 5.41) is 23.1. The lowest BCUT2D eigenvalue weighted by molar-refractivity contribution is -0.143. The van der Waals surface area contributed by atoms with Crippen LogP contribution in [0.15, 0.2) is 24.3 Å². The standard InChI is InChI=1S/C74H143NO5/c1-3-5-7-9-11-13-15-17-18-19-34-38-41-44-48-52-56-60-64-68-74(79)80-69-65-61-57-53-49-45-42-39-36-33-31-29-27-25-23-21-20-22-24-26-28-30-32-35-37-40-43-47-51-55-59-63-67-73(78)75-71(70-76)72(77)66-62-58-54-50-46-16-14-12-10-8-6-4-2/h23,25,62,66,71-72,76-77H,3-22,24,26-61,63-65,67-70H2,1-2H3,(H,75,78)/b25-23-,66-62+. The van der Waals surface area contributed by atoms with Gasteiger partial charge in [-0.2, -0.15) is 0 Å². The Labute approximate surface area is 501 Å². The summed E-state index contributed by atoms with van der Waals surface area (Å²) in [6.45, 7) is 4.94. The average molecular weight is 1130 g/mol. The molecule has 0 aliphatic rings. The van der Waals surface area contributed by atoms with Crippen LogP contribution in [0.3, 0.4) is 0 Å². The molecule has 2 atom stereocenters. The quantitative estimate of drug-likeness (QED) is 0.0320. The molecule has 6 nitrogen and oxygen atoms in total. The first-order valence-corrected chi connectivity index (χ1v) is 36.6. The van der Waals surface area contributed by atoms with Crippen LogP contribution in [0.1, 0.15) is 412 Å². The van der Waals surface area contributed by atoms with Gasteiger partial charge in [-0.05, 0) is 57.8 Å². The van der Waals surface area contributed by atoms with Gasteiger partial charge in [0, 0.05) is 12.8 Å². The number of nitrogens with one attached hydrogen (secondary N) is 1. The van der Waals surface area contributed by atoms with Crippen LogP contribution in [0, 0.1) is 0 Å². The van der Waals surface area contributed by atoms with Gasteiger partial charge in [0.15, 0.2) is 0 Å². The van der Waals surface area contributed by atoms with E-state index >= 15 is 0 Å². The first-order chi connectivity index (χ1) is 39.5. The van der Waals surface area contributed by atoms with Crippen molar-refractivity contribution in [2.75, 3.05) is 13.2 Å². The topological polar surface area (TPSA) is 95.9 Å². The van der Waals surface area contributed by atoms with Crippen LogP contribution in [-0.4, -0.2) is 47.4 Å². The number of ether oxygens (including phenoxy) is 1. The first kappa shape index (κ1) is 78.3. The van der Waals surface area contributed by atoms with E-state index < -0.39 is 12.1 Å². The molecule has 3 N–H and O–H groups in total. The number of unbranched alkanes of at least 4 members (excludes halogenated alkanes) is 56. The Bertz CT molecular complexity index is 1250. The lowest BCUT2D eigenvalue weighted by Crippen LogP contribution is -2.45. The maximum absolute atomic E-state index is 12.5. The second-order valence-corrected chi connectivity index (χ2v) is 25.3. The third-order valence-electron chi connectivity index (χ3n) is 17.2. The number of rotatable bonds is 69. The highest BCUT2D eigenvalue weighted by atomic mass is 16.5. The molecule has 0 radical (unpaired) electrons. The summed E-state index contributed by atoms with van der Waals surface area (Å²) in [6, 6.07) is -0.624. The molecule has 0 aromatic heterocycles. The van der Waals surface area contributed by atoms with Gasteiger partial charge < -0.3 is 20.3 Å². The van der Waals surface area contributed by atoms with Crippen LogP contribution in [0.2, 0.25) is 0 Å². The zero-order valence-corrected chi connectivity index (χ0v) is 54.3. The number of hydrogen-bond donors (Lipinski definition) is 3. The van der Waals surface area contributed by atoms with Crippen LogP contribution in [0.25, 0.3) is 0 Å². The fraction of sp³-hybridized carbons (Fsp3) is 0.919. The minimum absolute atomic E-state index is 0.0234. The van der Waals surface area contributed by atoms with E-state index in [0.29, 0.717) is 19.4 Å². The number of carbonyl (C=O) groups is 2. The van der Waals surface area contributed by atoms with E-state index in [2.05, 4.69) is 31.3 Å². The molecule has 2 unspecified atom stereocenters. The van der Waals surface area contributed by atoms with E-state index in [4.69, 9.17) is 4.74 Å². The average Bonchev–Trinajstić information content (AvgIpc) is 3.46. The normalized spacial score (nSPS) is 12.6. The molecule has 0 fully saturated rings. The summed E-state index contributed by atoms with van der Waals surface area (Å²) < 4.78 is 5.52. The molecule has 0 rings (SSSR count). The molecule has 0 heterocycles. The molecule has 0 bridgehead atoms. The van der Waals surface area contributed by atoms with E-state index in [9.17, 15) is 19.8 Å². The lowest BCUT2D eigenvalue weighted by atomic mass is 10.0. The van der Waals surface area contributed by atoms with Gasteiger partial charge in [-0.3, -0.25) is 9.59 Å². The van der Waals surface area contributed by atoms with Crippen molar-refractivity contribution < 1.29 is 24.5 Å². The Kier molecular flexibility index (Phi) is 68.4. The largest absolute Gasteiger partial charge is 0.466 e. The number of allylic oxidation sites excluding steroid dienone is 3. The fourth-order valence-corrected chi connectivity index (χ4v) is 11.6. The second-order valence-electron chi connectivity index (χ2n) is 25.3. The zero-order chi connectivity index (χ0) is 57.8. The van der Waals surface area contributed by atoms with Crippen molar-refractivity contribution in [1.29, 1.82) is 0 Å². The van der Waals surface area contributed by atoms with Gasteiger partial charge in [-0.15, -0.1) is 0 Å². The van der Waals surface area contributed by atoms with Crippen LogP contribution < -0.4 is 5.32 Å². The lowest BCUT2D eigenvalue weighted by Gasteiger charge is -2.20. The Morgan fingerprint density at radius 1 is 0.338 bits per heavy atom. The van der Waals surface area contributed by atoms with Gasteiger partial charge in [-0.25, -0.2) is 0 Å². The monoisotopic (exact) mass is 1130 g/mol. The summed E-state index contributed by atoms with van der Waals surface area (Å²) in [5.41, 5.74) is 0. The van der Waals surface area contributed by atoms with Gasteiger partial charge in [0.25, 0.3) is 0 Å². The Balaban J connectivity index is 3.33. The predicted octanol–water partition coefficient (Wildman–Crippen LogP) is 23.7. The number of amides is 1. The molecule has 474 valence electrons. The highest BCUT2D eigenvalue weighted by Crippen LogP contribution is 2.19. The smallest absolute Gasteiger partial charge is 0.305 e. The summed E-state index contributed by atoms with van der Waals surface area (Å²) in [5.74, 6) is -0.0407. The molecule has 80 heavy (non-hydrogen) atoms. The number of hydrogen-bond acceptors (Lipinski definition) is 5. The van der Waals surface area contributed by atoms with E-state index in [1.807, 2.05) is 6.08 Å². The Hall–Kier alpha value is -1.66. The van der Waals surface area contributed by atoms with Gasteiger partial charge >= 0.3 is 5.97 Å². The van der Waals surface area contributed by atoms with E-state index in [0.717, 1.165) is 38.5 Å². The van der Waals surface area contributed by atoms with Crippen molar-refractivity contribution >= 4 is 11.9 Å². The van der Waals surface area contributed by atoms with Gasteiger partial charge in [0.2, 0.25) is 5.91 Å². The predicted molar refractivity (Wildman–Crippen MR) is 352 cm³/mol. The summed E-state index contributed by atoms with van der Waals surface area (Å²) >= 11 is 0. The van der Waals surface area contributed by atoms with Crippen LogP contribution in [0.4, 0.5) is 0 Å². The number of aliphatic hydroxyl groups excluding tert-OH is 2. The van der Waals surface area contributed by atoms with Gasteiger partial charge in [0.05, 0.1) is 25.4 Å². The fourth-order valence-electron chi connectivity index (χ4n) is 11.6. The van der Waals surface area contributed by atoms with Crippen molar-refractivity contribution in [2.45, 2.75) is 424 Å². The van der Waals surface area contributed by atoms with Crippen molar-refractivity contribution in [3.63, 3.8) is 0 Å². The molecular weight excluding hydrogens is 983 g/mol. The number of carbonyl (C=O) groups excluding carboxylic acids is 2. The van der Waals surface area contributed by atoms with Crippen molar-refractivity contribution in [1.82, 2.24) is 5.32 Å². The zero-order valence-electron chi connectivity index (χ0n) is 54.3. The maximum atomic E-state index is 12.5. The summed E-state index contributed by atoms with van der Waals surface area (Å²) in [4.78, 5) is 24.6. The molecular formula is C74H143NO5. The molecule has 0 aliphatic carbocycles. The molecule has 1 amide bonds. The minimum Gasteiger partial charge on any atom is -0.466 e. The van der Waals surface area contributed by atoms with E-state index in [-0.39, 0.29) is 18.5 Å². The number of esters is 1. The molecule has 0 aromatic rings. The van der Waals surface area contributed by atoms with Crippen LogP contribution in [0.5, 0.6) is 0 Å². The molecule has 0 aliphatic heterocycles. The van der Waals surface area contributed by atoms with Crippen LogP contribution in [-0.2, 0) is 14.3 Å². The van der Waals surface area contributed by atoms with Gasteiger partial charge in [0.1, 0.15) is 0 Å². The maximum Gasteiger partial charge on any atom is 0.305 e. The Morgan fingerprint density at radius 2 is 0.588 bits per heavy atom. The third-order valence-corrected chi connectivity index (χ3v) is 17.2. The SMILES string of the molecule is CCCCCCCCCCCC/C=C/C(O)C(CO)NC(=O)CCCCCCCCCCCCCCCCCC/C=C\CCCCCCCCCCCCCCOC(=O)CCCCCCCCCCCCCCCCCCCCC. The van der Waals surface area contributed by atoms with Crippen LogP contribution >= 0.6 is 0 Å². The molecule has 6 heteroatoms. The minimum atomic E-state index is -0.841. The van der Waals surface area contributed by atoms with E-state index in [1.54, 1.807) is 6.08 Å². The Morgan fingerprint density at radius 3 is 0.887 bits per heavy atom.